The summed E-state index contributed by atoms with van der Waals surface area (Å²) < 4.78 is 14.2. The van der Waals surface area contributed by atoms with E-state index in [1.807, 2.05) is 31.2 Å². The maximum absolute atomic E-state index is 14.2. The second-order valence-electron chi connectivity index (χ2n) is 7.93. The third-order valence-electron chi connectivity index (χ3n) is 5.86. The standard InChI is InChI=1S/C24H19FN2O2/c1-24(18-10-3-4-11-19(18)25)13-27(14-24)23(29)17-9-6-8-16-21(17)26-20-12-5-2-7-15(20)22(16)28/h2-12H,13-14H2,1H3,(H,26,28). The van der Waals surface area contributed by atoms with Crippen molar-refractivity contribution in [1.29, 1.82) is 0 Å². The summed E-state index contributed by atoms with van der Waals surface area (Å²) in [5.41, 5.74) is 1.82. The lowest BCUT2D eigenvalue weighted by Crippen LogP contribution is -2.59. The van der Waals surface area contributed by atoms with Crippen LogP contribution in [0, 0.1) is 5.82 Å². The zero-order chi connectivity index (χ0) is 20.2. The lowest BCUT2D eigenvalue weighted by atomic mass is 9.75. The minimum Gasteiger partial charge on any atom is -0.354 e. The van der Waals surface area contributed by atoms with Crippen LogP contribution in [0.3, 0.4) is 0 Å². The number of benzene rings is 3. The molecule has 29 heavy (non-hydrogen) atoms. The molecule has 1 fully saturated rings. The van der Waals surface area contributed by atoms with Gasteiger partial charge in [-0.3, -0.25) is 9.59 Å². The van der Waals surface area contributed by atoms with Crippen molar-refractivity contribution >= 4 is 27.7 Å². The summed E-state index contributed by atoms with van der Waals surface area (Å²) in [6.07, 6.45) is 0. The van der Waals surface area contributed by atoms with Crippen LogP contribution in [0.4, 0.5) is 4.39 Å². The molecule has 1 N–H and O–H groups in total. The molecule has 0 unspecified atom stereocenters. The highest BCUT2D eigenvalue weighted by Gasteiger charge is 2.44. The number of hydrogen-bond acceptors (Lipinski definition) is 2. The van der Waals surface area contributed by atoms with Crippen LogP contribution in [0.15, 0.2) is 71.5 Å². The molecule has 4 aromatic rings. The van der Waals surface area contributed by atoms with E-state index in [0.717, 1.165) is 0 Å². The zero-order valence-corrected chi connectivity index (χ0v) is 15.9. The van der Waals surface area contributed by atoms with E-state index in [9.17, 15) is 14.0 Å². The van der Waals surface area contributed by atoms with E-state index in [1.54, 1.807) is 41.3 Å². The lowest BCUT2D eigenvalue weighted by Gasteiger charge is -2.48. The molecule has 5 rings (SSSR count). The molecule has 0 atom stereocenters. The molecule has 1 aromatic heterocycles. The van der Waals surface area contributed by atoms with Crippen LogP contribution in [0.1, 0.15) is 22.8 Å². The Balaban J connectivity index is 1.53. The number of nitrogens with one attached hydrogen (secondary N) is 1. The molecule has 0 saturated carbocycles. The maximum Gasteiger partial charge on any atom is 0.256 e. The number of fused-ring (bicyclic) bond motifs is 2. The van der Waals surface area contributed by atoms with Crippen LogP contribution in [0.25, 0.3) is 21.8 Å². The van der Waals surface area contributed by atoms with Crippen molar-refractivity contribution in [2.75, 3.05) is 13.1 Å². The summed E-state index contributed by atoms with van der Waals surface area (Å²) in [5.74, 6) is -0.404. The molecule has 0 radical (unpaired) electrons. The quantitative estimate of drug-likeness (QED) is 0.524. The molecule has 0 bridgehead atoms. The highest BCUT2D eigenvalue weighted by molar-refractivity contribution is 6.08. The van der Waals surface area contributed by atoms with E-state index < -0.39 is 5.41 Å². The van der Waals surface area contributed by atoms with Crippen LogP contribution >= 0.6 is 0 Å². The first-order valence-corrected chi connectivity index (χ1v) is 9.56. The van der Waals surface area contributed by atoms with E-state index in [0.29, 0.717) is 46.0 Å². The minimum absolute atomic E-state index is 0.0937. The Morgan fingerprint density at radius 3 is 2.45 bits per heavy atom. The van der Waals surface area contributed by atoms with Crippen molar-refractivity contribution in [1.82, 2.24) is 9.88 Å². The second-order valence-corrected chi connectivity index (χ2v) is 7.93. The monoisotopic (exact) mass is 386 g/mol. The Morgan fingerprint density at radius 1 is 0.966 bits per heavy atom. The highest BCUT2D eigenvalue weighted by Crippen LogP contribution is 2.36. The van der Waals surface area contributed by atoms with Crippen LogP contribution in [-0.4, -0.2) is 28.9 Å². The highest BCUT2D eigenvalue weighted by atomic mass is 19.1. The van der Waals surface area contributed by atoms with Crippen LogP contribution in [0.2, 0.25) is 0 Å². The summed E-state index contributed by atoms with van der Waals surface area (Å²) in [7, 11) is 0. The van der Waals surface area contributed by atoms with Gasteiger partial charge in [0.2, 0.25) is 0 Å². The van der Waals surface area contributed by atoms with Crippen molar-refractivity contribution in [3.8, 4) is 0 Å². The minimum atomic E-state index is -0.411. The predicted molar refractivity (Wildman–Crippen MR) is 112 cm³/mol. The Kier molecular flexibility index (Phi) is 3.81. The van der Waals surface area contributed by atoms with Crippen molar-refractivity contribution < 1.29 is 9.18 Å². The fourth-order valence-corrected chi connectivity index (χ4v) is 4.36. The van der Waals surface area contributed by atoms with Crippen LogP contribution in [0.5, 0.6) is 0 Å². The molecule has 1 amide bonds. The third-order valence-corrected chi connectivity index (χ3v) is 5.86. The van der Waals surface area contributed by atoms with Gasteiger partial charge in [-0.15, -0.1) is 0 Å². The molecule has 3 aromatic carbocycles. The van der Waals surface area contributed by atoms with Gasteiger partial charge >= 0.3 is 0 Å². The SMILES string of the molecule is CC1(c2ccccc2F)CN(C(=O)c2cccc3c(=O)c4ccccc4[nH]c23)C1. The van der Waals surface area contributed by atoms with Gasteiger partial charge in [0.25, 0.3) is 5.91 Å². The Bertz CT molecular complexity index is 1340. The fourth-order valence-electron chi connectivity index (χ4n) is 4.36. The van der Waals surface area contributed by atoms with Crippen molar-refractivity contribution in [2.24, 2.45) is 0 Å². The van der Waals surface area contributed by atoms with E-state index in [2.05, 4.69) is 4.98 Å². The van der Waals surface area contributed by atoms with Gasteiger partial charge in [0.1, 0.15) is 5.82 Å². The number of para-hydroxylation sites is 2. The fraction of sp³-hybridized carbons (Fsp3) is 0.167. The van der Waals surface area contributed by atoms with E-state index in [4.69, 9.17) is 0 Å². The number of likely N-dealkylation sites (tertiary alicyclic amines) is 1. The molecular weight excluding hydrogens is 367 g/mol. The number of H-pyrrole nitrogens is 1. The first-order valence-electron chi connectivity index (χ1n) is 9.56. The number of aromatic nitrogens is 1. The Labute approximate surface area is 166 Å². The van der Waals surface area contributed by atoms with Gasteiger partial charge in [-0.2, -0.15) is 0 Å². The molecular formula is C24H19FN2O2. The van der Waals surface area contributed by atoms with Crippen LogP contribution < -0.4 is 5.43 Å². The molecule has 4 nitrogen and oxygen atoms in total. The molecule has 0 spiro atoms. The number of carbonyl (C=O) groups excluding carboxylic acids is 1. The van der Waals surface area contributed by atoms with Crippen molar-refractivity contribution in [3.63, 3.8) is 0 Å². The van der Waals surface area contributed by atoms with Gasteiger partial charge in [0.05, 0.1) is 11.1 Å². The zero-order valence-electron chi connectivity index (χ0n) is 15.9. The van der Waals surface area contributed by atoms with Gasteiger partial charge in [-0.05, 0) is 35.9 Å². The maximum atomic E-state index is 14.2. The Morgan fingerprint density at radius 2 is 1.66 bits per heavy atom. The van der Waals surface area contributed by atoms with Crippen LogP contribution in [-0.2, 0) is 5.41 Å². The number of nitrogens with zero attached hydrogens (tertiary/aromatic N) is 1. The first-order chi connectivity index (χ1) is 14.0. The van der Waals surface area contributed by atoms with Gasteiger partial charge in [-0.25, -0.2) is 4.39 Å². The largest absolute Gasteiger partial charge is 0.354 e. The number of halogens is 1. The number of amides is 1. The van der Waals surface area contributed by atoms with Crippen molar-refractivity contribution in [3.05, 3.63) is 93.9 Å². The molecule has 2 heterocycles. The summed E-state index contributed by atoms with van der Waals surface area (Å²) in [4.78, 5) is 31.0. The van der Waals surface area contributed by atoms with Gasteiger partial charge in [0, 0.05) is 34.8 Å². The average molecular weight is 386 g/mol. The molecule has 144 valence electrons. The predicted octanol–water partition coefficient (Wildman–Crippen LogP) is 4.23. The molecule has 1 aliphatic rings. The number of pyridine rings is 1. The summed E-state index contributed by atoms with van der Waals surface area (Å²) in [5, 5.41) is 1.09. The summed E-state index contributed by atoms with van der Waals surface area (Å²) >= 11 is 0. The smallest absolute Gasteiger partial charge is 0.256 e. The van der Waals surface area contributed by atoms with Gasteiger partial charge in [0.15, 0.2) is 5.43 Å². The van der Waals surface area contributed by atoms with E-state index in [1.165, 1.54) is 6.07 Å². The van der Waals surface area contributed by atoms with E-state index >= 15 is 0 Å². The Hall–Kier alpha value is -3.47. The third kappa shape index (κ3) is 2.65. The molecule has 5 heteroatoms. The molecule has 1 saturated heterocycles. The van der Waals surface area contributed by atoms with Gasteiger partial charge in [-0.1, -0.05) is 43.3 Å². The molecule has 0 aliphatic carbocycles. The molecule has 1 aliphatic heterocycles. The number of rotatable bonds is 2. The lowest BCUT2D eigenvalue weighted by molar-refractivity contribution is 0.0427. The second kappa shape index (κ2) is 6.27. The summed E-state index contributed by atoms with van der Waals surface area (Å²) in [6.45, 7) is 2.83. The van der Waals surface area contributed by atoms with Gasteiger partial charge < -0.3 is 9.88 Å². The summed E-state index contributed by atoms with van der Waals surface area (Å²) in [6, 6.07) is 19.2. The topological polar surface area (TPSA) is 53.2 Å². The number of aromatic amines is 1. The number of hydrogen-bond donors (Lipinski definition) is 1. The number of carbonyl (C=O) groups is 1. The van der Waals surface area contributed by atoms with E-state index in [-0.39, 0.29) is 17.2 Å². The van der Waals surface area contributed by atoms with Crippen molar-refractivity contribution in [2.45, 2.75) is 12.3 Å². The normalized spacial score (nSPS) is 15.4. The first kappa shape index (κ1) is 17.6. The average Bonchev–Trinajstić information content (AvgIpc) is 2.71.